The second kappa shape index (κ2) is 7.73. The van der Waals surface area contributed by atoms with Gasteiger partial charge in [-0.15, -0.1) is 13.2 Å². The summed E-state index contributed by atoms with van der Waals surface area (Å²) in [6.45, 7) is -0.390. The first-order valence-electron chi connectivity index (χ1n) is 9.83. The van der Waals surface area contributed by atoms with E-state index in [9.17, 15) is 22.8 Å². The van der Waals surface area contributed by atoms with Crippen molar-refractivity contribution in [2.75, 3.05) is 26.7 Å². The highest BCUT2D eigenvalue weighted by Crippen LogP contribution is 2.44. The van der Waals surface area contributed by atoms with Crippen LogP contribution in [-0.4, -0.2) is 59.7 Å². The average molecular weight is 449 g/mol. The molecule has 1 aromatic rings. The van der Waals surface area contributed by atoms with Crippen molar-refractivity contribution in [1.29, 1.82) is 0 Å². The minimum absolute atomic E-state index is 0.00530. The van der Waals surface area contributed by atoms with E-state index in [1.165, 1.54) is 16.6 Å². The van der Waals surface area contributed by atoms with Crippen molar-refractivity contribution >= 4 is 5.70 Å². The van der Waals surface area contributed by atoms with Gasteiger partial charge in [0.25, 0.3) is 5.56 Å². The molecule has 2 fully saturated rings. The molecular formula is C18H23F4N5O4. The second-order valence-corrected chi connectivity index (χ2v) is 8.04. The van der Waals surface area contributed by atoms with Gasteiger partial charge in [0, 0.05) is 32.2 Å². The van der Waals surface area contributed by atoms with Gasteiger partial charge in [-0.1, -0.05) is 0 Å². The van der Waals surface area contributed by atoms with Crippen LogP contribution in [0.1, 0.15) is 36.2 Å². The van der Waals surface area contributed by atoms with Crippen molar-refractivity contribution in [3.05, 3.63) is 37.9 Å². The van der Waals surface area contributed by atoms with Gasteiger partial charge in [-0.25, -0.2) is 9.18 Å². The maximum absolute atomic E-state index is 15.4. The Hall–Kier alpha value is -2.22. The van der Waals surface area contributed by atoms with Crippen LogP contribution in [-0.2, 0) is 9.47 Å². The lowest BCUT2D eigenvalue weighted by atomic mass is 9.91. The van der Waals surface area contributed by atoms with Gasteiger partial charge in [-0.2, -0.15) is 0 Å². The van der Waals surface area contributed by atoms with Crippen molar-refractivity contribution in [1.82, 2.24) is 14.5 Å². The molecule has 172 valence electrons. The molecule has 1 aliphatic heterocycles. The highest BCUT2D eigenvalue weighted by Gasteiger charge is 2.49. The molecule has 31 heavy (non-hydrogen) atoms. The van der Waals surface area contributed by atoms with Crippen molar-refractivity contribution in [2.45, 2.75) is 43.5 Å². The van der Waals surface area contributed by atoms with E-state index in [1.807, 2.05) is 0 Å². The molecule has 0 spiro atoms. The quantitative estimate of drug-likeness (QED) is 0.553. The average Bonchev–Trinajstić information content (AvgIpc) is 3.43. The molecule has 0 amide bonds. The number of H-pyrrole nitrogens is 1. The van der Waals surface area contributed by atoms with Crippen LogP contribution in [0.25, 0.3) is 5.70 Å². The molecule has 4 rings (SSSR count). The largest absolute Gasteiger partial charge is 0.522 e. The van der Waals surface area contributed by atoms with E-state index in [4.69, 9.17) is 16.2 Å². The van der Waals surface area contributed by atoms with Crippen LogP contribution < -0.4 is 22.7 Å². The van der Waals surface area contributed by atoms with E-state index in [1.54, 1.807) is 0 Å². The van der Waals surface area contributed by atoms with E-state index in [-0.39, 0.29) is 36.9 Å². The van der Waals surface area contributed by atoms with Crippen molar-refractivity contribution in [3.63, 3.8) is 0 Å². The molecule has 1 saturated heterocycles. The number of methoxy groups -OCH3 is 1. The fourth-order valence-corrected chi connectivity index (χ4v) is 4.59. The Labute approximate surface area is 173 Å². The molecule has 1 aromatic heterocycles. The van der Waals surface area contributed by atoms with Crippen LogP contribution in [0.3, 0.4) is 0 Å². The number of rotatable bonds is 5. The molecule has 13 heteroatoms. The highest BCUT2D eigenvalue weighted by atomic mass is 19.4. The van der Waals surface area contributed by atoms with E-state index in [2.05, 4.69) is 9.72 Å². The second-order valence-electron chi connectivity index (χ2n) is 8.04. The Morgan fingerprint density at radius 1 is 1.23 bits per heavy atom. The molecular weight excluding hydrogens is 426 g/mol. The third-order valence-corrected chi connectivity index (χ3v) is 6.08. The zero-order chi connectivity index (χ0) is 22.7. The van der Waals surface area contributed by atoms with E-state index in [0.29, 0.717) is 12.8 Å². The van der Waals surface area contributed by atoms with Gasteiger partial charge >= 0.3 is 12.1 Å². The van der Waals surface area contributed by atoms with Crippen molar-refractivity contribution in [3.8, 4) is 0 Å². The van der Waals surface area contributed by atoms with Gasteiger partial charge < -0.3 is 16.2 Å². The van der Waals surface area contributed by atoms with Gasteiger partial charge in [0.1, 0.15) is 11.9 Å². The number of nitrogens with one attached hydrogen (secondary N) is 1. The van der Waals surface area contributed by atoms with Gasteiger partial charge in [0.2, 0.25) is 0 Å². The smallest absolute Gasteiger partial charge is 0.396 e. The number of likely N-dealkylation sites (tertiary alicyclic amines) is 1. The number of aromatic amines is 1. The number of hydrogen-bond donors (Lipinski definition) is 3. The molecule has 4 unspecified atom stereocenters. The van der Waals surface area contributed by atoms with Gasteiger partial charge in [-0.05, 0) is 19.4 Å². The van der Waals surface area contributed by atoms with Crippen LogP contribution in [0, 0.1) is 5.92 Å². The summed E-state index contributed by atoms with van der Waals surface area (Å²) in [5.74, 6) is -1.62. The third kappa shape index (κ3) is 3.79. The van der Waals surface area contributed by atoms with Crippen LogP contribution >= 0.6 is 0 Å². The van der Waals surface area contributed by atoms with Gasteiger partial charge in [0.05, 0.1) is 29.1 Å². The van der Waals surface area contributed by atoms with Gasteiger partial charge in [0.15, 0.2) is 0 Å². The summed E-state index contributed by atoms with van der Waals surface area (Å²) in [7, 11) is 1.28. The molecule has 0 bridgehead atoms. The first kappa shape index (κ1) is 22.0. The van der Waals surface area contributed by atoms with E-state index < -0.39 is 53.3 Å². The summed E-state index contributed by atoms with van der Waals surface area (Å²) < 4.78 is 64.9. The summed E-state index contributed by atoms with van der Waals surface area (Å²) in [6, 6.07) is -1.43. The summed E-state index contributed by atoms with van der Waals surface area (Å²) in [4.78, 5) is 28.5. The zero-order valence-electron chi connectivity index (χ0n) is 16.6. The Balaban J connectivity index is 1.79. The number of aromatic nitrogens is 2. The molecule has 4 atom stereocenters. The van der Waals surface area contributed by atoms with E-state index >= 15 is 4.39 Å². The van der Waals surface area contributed by atoms with E-state index in [0.717, 1.165) is 0 Å². The predicted octanol–water partition coefficient (Wildman–Crippen LogP) is 0.333. The molecule has 0 aromatic carbocycles. The maximum Gasteiger partial charge on any atom is 0.522 e. The summed E-state index contributed by atoms with van der Waals surface area (Å²) in [5.41, 5.74) is 9.55. The van der Waals surface area contributed by atoms with Crippen LogP contribution in [0.5, 0.6) is 0 Å². The third-order valence-electron chi connectivity index (χ3n) is 6.08. The molecule has 2 aliphatic carbocycles. The Morgan fingerprint density at radius 2 is 1.90 bits per heavy atom. The van der Waals surface area contributed by atoms with Crippen LogP contribution in [0.4, 0.5) is 17.6 Å². The number of fused-ring (bicyclic) bond motifs is 1. The first-order chi connectivity index (χ1) is 14.6. The predicted molar refractivity (Wildman–Crippen MR) is 100 cm³/mol. The standard InChI is InChI=1S/C18H23F4N5O4/c1-30-15-13-10(16(28)25-17(29)27(13)8-2-3-8)12(24)11(19)14(15)26-5-7(4-23)9(6-26)31-18(20,21)22/h7-9,14-15H,2-6,23-24H2,1H3,(H,25,28,29). The fraction of sp³-hybridized carbons (Fsp3) is 0.667. The Bertz CT molecular complexity index is 1020. The normalized spacial score (nSPS) is 29.5. The molecule has 2 heterocycles. The Kier molecular flexibility index (Phi) is 5.48. The SMILES string of the molecule is COC1c2c(c(=O)[nH]c(=O)n2C2CC2)C(N)=C(F)C1N1CC(CN)C(OC(F)(F)F)C1. The summed E-state index contributed by atoms with van der Waals surface area (Å²) >= 11 is 0. The summed E-state index contributed by atoms with van der Waals surface area (Å²) in [5, 5.41) is 0. The van der Waals surface area contributed by atoms with Crippen LogP contribution in [0.15, 0.2) is 15.4 Å². The topological polar surface area (TPSA) is 129 Å². The number of nitrogens with two attached hydrogens (primary N) is 2. The molecule has 9 nitrogen and oxygen atoms in total. The highest BCUT2D eigenvalue weighted by molar-refractivity contribution is 5.70. The first-order valence-corrected chi connectivity index (χ1v) is 9.83. The van der Waals surface area contributed by atoms with Gasteiger partial charge in [-0.3, -0.25) is 24.0 Å². The lowest BCUT2D eigenvalue weighted by Gasteiger charge is -2.38. The minimum atomic E-state index is -4.87. The molecule has 5 N–H and O–H groups in total. The number of ether oxygens (including phenoxy) is 2. The number of halogens is 4. The lowest BCUT2D eigenvalue weighted by molar-refractivity contribution is -0.344. The zero-order valence-corrected chi connectivity index (χ0v) is 16.6. The van der Waals surface area contributed by atoms with Crippen LogP contribution in [0.2, 0.25) is 0 Å². The number of alkyl halides is 3. The minimum Gasteiger partial charge on any atom is -0.396 e. The maximum atomic E-state index is 15.4. The van der Waals surface area contributed by atoms with Crippen molar-refractivity contribution < 1.29 is 27.0 Å². The molecule has 3 aliphatic rings. The van der Waals surface area contributed by atoms with Crippen molar-refractivity contribution in [2.24, 2.45) is 17.4 Å². The number of nitrogens with zero attached hydrogens (tertiary/aromatic N) is 2. The monoisotopic (exact) mass is 449 g/mol. The lowest BCUT2D eigenvalue weighted by Crippen LogP contribution is -2.48. The number of hydrogen-bond acceptors (Lipinski definition) is 7. The fourth-order valence-electron chi connectivity index (χ4n) is 4.59. The summed E-state index contributed by atoms with van der Waals surface area (Å²) in [6.07, 6.45) is -5.94. The Morgan fingerprint density at radius 3 is 2.45 bits per heavy atom. The molecule has 0 radical (unpaired) electrons. The molecule has 1 saturated carbocycles.